The Bertz CT molecular complexity index is 371. The molecule has 7 heteroatoms. The Morgan fingerprint density at radius 1 is 1.53 bits per heavy atom. The van der Waals surface area contributed by atoms with Gasteiger partial charge >= 0.3 is 0 Å². The van der Waals surface area contributed by atoms with E-state index in [4.69, 9.17) is 11.6 Å². The maximum Gasteiger partial charge on any atom is 0.251 e. The van der Waals surface area contributed by atoms with Gasteiger partial charge in [0, 0.05) is 31.0 Å². The third-order valence-corrected chi connectivity index (χ3v) is 3.28. The zero-order valence-corrected chi connectivity index (χ0v) is 12.1. The Hall–Kier alpha value is -0.200. The van der Waals surface area contributed by atoms with Gasteiger partial charge in [-0.1, -0.05) is 27.5 Å². The maximum atomic E-state index is 12.4. The van der Waals surface area contributed by atoms with E-state index in [1.54, 1.807) is 16.6 Å². The van der Waals surface area contributed by atoms with Gasteiger partial charge in [0.15, 0.2) is 0 Å². The van der Waals surface area contributed by atoms with Crippen LogP contribution in [0.15, 0.2) is 0 Å². The van der Waals surface area contributed by atoms with E-state index >= 15 is 0 Å². The first-order valence-electron chi connectivity index (χ1n) is 5.20. The van der Waals surface area contributed by atoms with Gasteiger partial charge in [-0.3, -0.25) is 9.58 Å². The molecular weight excluding hydrogens is 315 g/mol. The van der Waals surface area contributed by atoms with Crippen molar-refractivity contribution in [2.75, 3.05) is 18.4 Å². The summed E-state index contributed by atoms with van der Waals surface area (Å²) in [5, 5.41) is 5.32. The molecular formula is C10H15BrClF2N3. The fraction of sp³-hybridized carbons (Fsp3) is 0.700. The molecule has 1 rings (SSSR count). The Labute approximate surface area is 113 Å². The molecule has 0 spiro atoms. The molecule has 0 bridgehead atoms. The van der Waals surface area contributed by atoms with E-state index in [2.05, 4.69) is 21.0 Å². The third-order valence-electron chi connectivity index (χ3n) is 2.45. The molecule has 0 aliphatic carbocycles. The lowest BCUT2D eigenvalue weighted by Crippen LogP contribution is -2.30. The zero-order chi connectivity index (χ0) is 13.0. The Balaban J connectivity index is 2.78. The van der Waals surface area contributed by atoms with Crippen LogP contribution >= 0.6 is 27.5 Å². The molecule has 0 fully saturated rings. The van der Waals surface area contributed by atoms with Crippen LogP contribution in [0.25, 0.3) is 0 Å². The van der Waals surface area contributed by atoms with E-state index in [-0.39, 0.29) is 6.54 Å². The molecule has 0 saturated heterocycles. The minimum absolute atomic E-state index is 0.254. The van der Waals surface area contributed by atoms with Crippen molar-refractivity contribution in [1.29, 1.82) is 0 Å². The molecule has 1 aromatic heterocycles. The number of aromatic nitrogens is 2. The Morgan fingerprint density at radius 2 is 2.18 bits per heavy atom. The number of halogens is 4. The first-order chi connectivity index (χ1) is 7.95. The molecule has 0 radical (unpaired) electrons. The largest absolute Gasteiger partial charge is 0.292 e. The van der Waals surface area contributed by atoms with Gasteiger partial charge in [0.2, 0.25) is 0 Å². The van der Waals surface area contributed by atoms with Crippen molar-refractivity contribution in [1.82, 2.24) is 14.7 Å². The smallest absolute Gasteiger partial charge is 0.251 e. The van der Waals surface area contributed by atoms with Crippen molar-refractivity contribution in [3.05, 3.63) is 16.4 Å². The number of aryl methyl sites for hydroxylation is 2. The van der Waals surface area contributed by atoms with Gasteiger partial charge in [-0.05, 0) is 6.92 Å². The number of alkyl halides is 3. The highest BCUT2D eigenvalue weighted by molar-refractivity contribution is 9.09. The lowest BCUT2D eigenvalue weighted by atomic mass is 10.2. The molecule has 3 nitrogen and oxygen atoms in total. The molecule has 0 aliphatic heterocycles. The summed E-state index contributed by atoms with van der Waals surface area (Å²) in [6.45, 7) is 2.52. The molecule has 1 heterocycles. The van der Waals surface area contributed by atoms with Crippen LogP contribution in [0.2, 0.25) is 5.15 Å². The molecule has 17 heavy (non-hydrogen) atoms. The van der Waals surface area contributed by atoms with Crippen LogP contribution in [-0.2, 0) is 13.6 Å². The lowest BCUT2D eigenvalue weighted by Gasteiger charge is -2.20. The van der Waals surface area contributed by atoms with E-state index in [1.807, 2.05) is 6.92 Å². The van der Waals surface area contributed by atoms with E-state index in [9.17, 15) is 8.78 Å². The predicted molar refractivity (Wildman–Crippen MR) is 68.0 cm³/mol. The average molecular weight is 331 g/mol. The van der Waals surface area contributed by atoms with Gasteiger partial charge in [0.25, 0.3) is 6.43 Å². The highest BCUT2D eigenvalue weighted by atomic mass is 79.9. The highest BCUT2D eigenvalue weighted by Crippen LogP contribution is 2.20. The van der Waals surface area contributed by atoms with Crippen molar-refractivity contribution in [2.24, 2.45) is 7.05 Å². The number of hydrogen-bond acceptors (Lipinski definition) is 2. The van der Waals surface area contributed by atoms with Crippen LogP contribution in [0.5, 0.6) is 0 Å². The van der Waals surface area contributed by atoms with Gasteiger partial charge in [-0.2, -0.15) is 5.10 Å². The van der Waals surface area contributed by atoms with Crippen LogP contribution in [0.3, 0.4) is 0 Å². The van der Waals surface area contributed by atoms with Gasteiger partial charge in [-0.25, -0.2) is 8.78 Å². The van der Waals surface area contributed by atoms with Crippen LogP contribution in [0, 0.1) is 6.92 Å². The van der Waals surface area contributed by atoms with Gasteiger partial charge in [0.05, 0.1) is 12.2 Å². The molecule has 0 unspecified atom stereocenters. The summed E-state index contributed by atoms with van der Waals surface area (Å²) in [5.74, 6) is 0. The lowest BCUT2D eigenvalue weighted by molar-refractivity contribution is 0.0880. The Morgan fingerprint density at radius 3 is 2.59 bits per heavy atom. The quantitative estimate of drug-likeness (QED) is 0.748. The summed E-state index contributed by atoms with van der Waals surface area (Å²) in [4.78, 5) is 1.66. The molecule has 0 atom stereocenters. The van der Waals surface area contributed by atoms with E-state index in [1.165, 1.54) is 0 Å². The zero-order valence-electron chi connectivity index (χ0n) is 9.76. The molecule has 0 amide bonds. The number of nitrogens with zero attached hydrogens (tertiary/aromatic N) is 3. The van der Waals surface area contributed by atoms with Crippen molar-refractivity contribution in [3.63, 3.8) is 0 Å². The van der Waals surface area contributed by atoms with Crippen molar-refractivity contribution in [3.8, 4) is 0 Å². The number of hydrogen-bond donors (Lipinski definition) is 0. The molecule has 1 aromatic rings. The van der Waals surface area contributed by atoms with Gasteiger partial charge in [0.1, 0.15) is 5.15 Å². The van der Waals surface area contributed by atoms with E-state index < -0.39 is 6.43 Å². The second-order valence-corrected chi connectivity index (χ2v) is 4.94. The predicted octanol–water partition coefficient (Wildman–Crippen LogP) is 2.84. The monoisotopic (exact) mass is 329 g/mol. The Kier molecular flexibility index (Phi) is 5.82. The topological polar surface area (TPSA) is 21.1 Å². The van der Waals surface area contributed by atoms with Crippen LogP contribution in [-0.4, -0.2) is 39.5 Å². The molecule has 0 aromatic carbocycles. The van der Waals surface area contributed by atoms with E-state index in [0.717, 1.165) is 11.3 Å². The van der Waals surface area contributed by atoms with E-state index in [0.29, 0.717) is 23.6 Å². The maximum absolute atomic E-state index is 12.4. The van der Waals surface area contributed by atoms with Crippen molar-refractivity contribution < 1.29 is 8.78 Å². The van der Waals surface area contributed by atoms with Gasteiger partial charge < -0.3 is 0 Å². The van der Waals surface area contributed by atoms with Crippen LogP contribution < -0.4 is 0 Å². The standard InChI is InChI=1S/C10H15BrClF2N3/c1-7-8(10(12)16(2)15-7)5-17(4-3-11)6-9(13)14/h9H,3-6H2,1-2H3. The summed E-state index contributed by atoms with van der Waals surface area (Å²) < 4.78 is 26.4. The molecule has 0 saturated carbocycles. The third kappa shape index (κ3) is 4.19. The number of rotatable bonds is 6. The molecule has 0 aliphatic rings. The van der Waals surface area contributed by atoms with Crippen LogP contribution in [0.1, 0.15) is 11.3 Å². The van der Waals surface area contributed by atoms with Gasteiger partial charge in [-0.15, -0.1) is 0 Å². The average Bonchev–Trinajstić information content (AvgIpc) is 2.44. The summed E-state index contributed by atoms with van der Waals surface area (Å²) in [6, 6.07) is 0. The second kappa shape index (κ2) is 6.66. The fourth-order valence-corrected chi connectivity index (χ4v) is 2.36. The first kappa shape index (κ1) is 14.9. The summed E-state index contributed by atoms with van der Waals surface area (Å²) >= 11 is 9.32. The summed E-state index contributed by atoms with van der Waals surface area (Å²) in [7, 11) is 1.74. The minimum atomic E-state index is -2.34. The second-order valence-electron chi connectivity index (χ2n) is 3.79. The minimum Gasteiger partial charge on any atom is -0.292 e. The first-order valence-corrected chi connectivity index (χ1v) is 6.70. The van der Waals surface area contributed by atoms with Crippen molar-refractivity contribution >= 4 is 27.5 Å². The summed E-state index contributed by atoms with van der Waals surface area (Å²) in [5.41, 5.74) is 1.60. The molecule has 98 valence electrons. The van der Waals surface area contributed by atoms with Crippen LogP contribution in [0.4, 0.5) is 8.78 Å². The molecule has 0 N–H and O–H groups in total. The van der Waals surface area contributed by atoms with Crippen molar-refractivity contribution in [2.45, 2.75) is 19.9 Å². The summed E-state index contributed by atoms with van der Waals surface area (Å²) in [6.07, 6.45) is -2.34. The normalized spacial score (nSPS) is 11.8. The SMILES string of the molecule is Cc1nn(C)c(Cl)c1CN(CCBr)CC(F)F. The highest BCUT2D eigenvalue weighted by Gasteiger charge is 2.17. The fourth-order valence-electron chi connectivity index (χ4n) is 1.63.